The van der Waals surface area contributed by atoms with E-state index in [9.17, 15) is 35.9 Å². The van der Waals surface area contributed by atoms with Crippen LogP contribution in [0.1, 0.15) is 26.8 Å². The molecule has 4 aromatic heterocycles. The average Bonchev–Trinajstić information content (AvgIpc) is 3.47. The highest BCUT2D eigenvalue weighted by atomic mass is 79.9. The Balaban J connectivity index is 1.82. The van der Waals surface area contributed by atoms with Gasteiger partial charge in [-0.1, -0.05) is 0 Å². The second kappa shape index (κ2) is 8.92. The zero-order valence-corrected chi connectivity index (χ0v) is 20.1. The summed E-state index contributed by atoms with van der Waals surface area (Å²) in [5, 5.41) is 5.72. The second-order valence-corrected chi connectivity index (χ2v) is 9.12. The molecule has 8 nitrogen and oxygen atoms in total. The van der Waals surface area contributed by atoms with Gasteiger partial charge in [0.2, 0.25) is 5.91 Å². The van der Waals surface area contributed by atoms with E-state index >= 15 is 0 Å². The van der Waals surface area contributed by atoms with E-state index in [-0.39, 0.29) is 42.3 Å². The lowest BCUT2D eigenvalue weighted by Crippen LogP contribution is -2.22. The molecule has 0 aliphatic rings. The third-order valence-electron chi connectivity index (χ3n) is 4.92. The topological polar surface area (TPSA) is 116 Å². The van der Waals surface area contributed by atoms with Crippen LogP contribution in [0.4, 0.5) is 32.0 Å². The second-order valence-electron chi connectivity index (χ2n) is 7.33. The first-order valence-corrected chi connectivity index (χ1v) is 11.3. The van der Waals surface area contributed by atoms with Crippen molar-refractivity contribution >= 4 is 55.0 Å². The molecule has 0 aliphatic heterocycles. The van der Waals surface area contributed by atoms with Gasteiger partial charge in [-0.15, -0.1) is 11.3 Å². The van der Waals surface area contributed by atoms with Crippen molar-refractivity contribution in [2.45, 2.75) is 25.8 Å². The Hall–Kier alpha value is -3.40. The predicted molar refractivity (Wildman–Crippen MR) is 119 cm³/mol. The minimum atomic E-state index is -4.84. The number of nitrogens with zero attached hydrogens (tertiary/aromatic N) is 3. The Kier molecular flexibility index (Phi) is 6.36. The Labute approximate surface area is 209 Å². The summed E-state index contributed by atoms with van der Waals surface area (Å²) in [6.07, 6.45) is -8.41. The summed E-state index contributed by atoms with van der Waals surface area (Å²) in [7, 11) is 0. The fraction of sp³-hybridized carbons (Fsp3) is 0.200. The summed E-state index contributed by atoms with van der Waals surface area (Å²) in [5.41, 5.74) is 2.50. The van der Waals surface area contributed by atoms with Crippen LogP contribution in [0.2, 0.25) is 0 Å². The molecule has 3 N–H and O–H groups in total. The fourth-order valence-electron chi connectivity index (χ4n) is 3.34. The van der Waals surface area contributed by atoms with Crippen LogP contribution >= 0.6 is 27.3 Å². The molecule has 0 aliphatic carbocycles. The molecule has 0 aromatic carbocycles. The van der Waals surface area contributed by atoms with Gasteiger partial charge < -0.3 is 15.5 Å². The van der Waals surface area contributed by atoms with Crippen molar-refractivity contribution in [1.29, 1.82) is 0 Å². The molecule has 0 fully saturated rings. The van der Waals surface area contributed by atoms with Crippen LogP contribution in [-0.2, 0) is 23.7 Å². The number of nitrogens with two attached hydrogens (primary N) is 1. The van der Waals surface area contributed by atoms with E-state index < -0.39 is 42.1 Å². The number of alkyl halides is 6. The molecule has 4 rings (SSSR count). The van der Waals surface area contributed by atoms with Crippen LogP contribution in [-0.4, -0.2) is 26.6 Å². The number of aromatic nitrogens is 3. The van der Waals surface area contributed by atoms with Crippen LogP contribution in [0, 0.1) is 6.92 Å². The zero-order valence-electron chi connectivity index (χ0n) is 17.7. The minimum Gasteiger partial charge on any atom is -0.464 e. The van der Waals surface area contributed by atoms with Crippen molar-refractivity contribution in [3.05, 3.63) is 50.9 Å². The summed E-state index contributed by atoms with van der Waals surface area (Å²) in [4.78, 5) is 27.9. The van der Waals surface area contributed by atoms with Gasteiger partial charge in [0.1, 0.15) is 27.7 Å². The highest BCUT2D eigenvalue weighted by Crippen LogP contribution is 2.44. The highest BCUT2D eigenvalue weighted by molar-refractivity contribution is 9.10. The molecule has 0 bridgehead atoms. The van der Waals surface area contributed by atoms with E-state index in [0.717, 1.165) is 4.68 Å². The highest BCUT2D eigenvalue weighted by Gasteiger charge is 2.38. The summed E-state index contributed by atoms with van der Waals surface area (Å²) in [6.45, 7) is 0.590. The maximum Gasteiger partial charge on any atom is 0.436 e. The quantitative estimate of drug-likeness (QED) is 0.291. The fourth-order valence-corrected chi connectivity index (χ4v) is 4.85. The van der Waals surface area contributed by atoms with Gasteiger partial charge in [0.05, 0.1) is 22.1 Å². The number of amides is 2. The molecule has 0 radical (unpaired) electrons. The first-order chi connectivity index (χ1) is 16.7. The van der Waals surface area contributed by atoms with Crippen molar-refractivity contribution in [3.63, 3.8) is 0 Å². The number of carbonyl (C=O) groups is 2. The SMILES string of the molecule is Cc1c(Br)c(C(F)(F)F)nn1CC(=O)Nc1c(C(N)=O)sc2nc(C(F)(F)F)cc(-c3ccco3)c12. The maximum absolute atomic E-state index is 13.5. The molecule has 0 saturated heterocycles. The summed E-state index contributed by atoms with van der Waals surface area (Å²) in [5.74, 6) is -2.00. The van der Waals surface area contributed by atoms with Crippen LogP contribution in [0.25, 0.3) is 21.5 Å². The smallest absolute Gasteiger partial charge is 0.436 e. The van der Waals surface area contributed by atoms with E-state index in [1.165, 1.54) is 25.3 Å². The number of anilines is 1. The first-order valence-electron chi connectivity index (χ1n) is 9.66. The average molecular weight is 596 g/mol. The molecule has 16 heteroatoms. The van der Waals surface area contributed by atoms with Gasteiger partial charge in [-0.2, -0.15) is 31.4 Å². The monoisotopic (exact) mass is 595 g/mol. The van der Waals surface area contributed by atoms with E-state index in [4.69, 9.17) is 10.2 Å². The largest absolute Gasteiger partial charge is 0.464 e. The van der Waals surface area contributed by atoms with Gasteiger partial charge in [0.15, 0.2) is 5.69 Å². The number of furan rings is 1. The normalized spacial score (nSPS) is 12.3. The van der Waals surface area contributed by atoms with E-state index in [1.54, 1.807) is 0 Å². The zero-order chi connectivity index (χ0) is 26.6. The van der Waals surface area contributed by atoms with E-state index in [0.29, 0.717) is 17.4 Å². The molecule has 4 aromatic rings. The van der Waals surface area contributed by atoms with Crippen molar-refractivity contribution in [1.82, 2.24) is 14.8 Å². The number of fused-ring (bicyclic) bond motifs is 1. The lowest BCUT2D eigenvalue weighted by molar-refractivity contribution is -0.142. The van der Waals surface area contributed by atoms with Gasteiger partial charge in [0.25, 0.3) is 5.91 Å². The van der Waals surface area contributed by atoms with E-state index in [1.807, 2.05) is 0 Å². The number of primary amides is 1. The van der Waals surface area contributed by atoms with Crippen molar-refractivity contribution in [2.24, 2.45) is 5.73 Å². The van der Waals surface area contributed by atoms with Gasteiger partial charge in [-0.25, -0.2) is 4.98 Å². The first kappa shape index (κ1) is 25.7. The van der Waals surface area contributed by atoms with Crippen molar-refractivity contribution in [3.8, 4) is 11.3 Å². The lowest BCUT2D eigenvalue weighted by atomic mass is 10.1. The summed E-state index contributed by atoms with van der Waals surface area (Å²) >= 11 is 3.31. The molecule has 190 valence electrons. The molecular weight excluding hydrogens is 584 g/mol. The Bertz CT molecular complexity index is 1490. The number of halogens is 7. The molecule has 0 unspecified atom stereocenters. The lowest BCUT2D eigenvalue weighted by Gasteiger charge is -2.11. The number of thiophene rings is 1. The third-order valence-corrected chi connectivity index (χ3v) is 6.97. The molecule has 0 saturated carbocycles. The van der Waals surface area contributed by atoms with Gasteiger partial charge in [0, 0.05) is 10.9 Å². The number of hydrogen-bond donors (Lipinski definition) is 2. The number of rotatable bonds is 5. The Morgan fingerprint density at radius 3 is 2.44 bits per heavy atom. The van der Waals surface area contributed by atoms with Gasteiger partial charge in [-0.05, 0) is 41.1 Å². The van der Waals surface area contributed by atoms with Gasteiger partial charge in [-0.3, -0.25) is 14.3 Å². The van der Waals surface area contributed by atoms with Crippen LogP contribution < -0.4 is 11.1 Å². The molecule has 36 heavy (non-hydrogen) atoms. The van der Waals surface area contributed by atoms with Crippen LogP contribution in [0.15, 0.2) is 33.4 Å². The third kappa shape index (κ3) is 4.69. The Morgan fingerprint density at radius 1 is 1.22 bits per heavy atom. The van der Waals surface area contributed by atoms with Crippen molar-refractivity contribution < 1.29 is 40.3 Å². The standard InChI is InChI=1S/C20H12BrF6N5O3S/c1-7-13(21)16(20(25,26)27)31-32(7)6-11(33)30-14-12-8(9-3-2-4-35-9)5-10(19(22,23)24)29-18(12)36-15(14)17(28)34/h2-5H,6H2,1H3,(H2,28,34)(H,30,33). The molecular formula is C20H12BrF6N5O3S. The Morgan fingerprint density at radius 2 is 1.92 bits per heavy atom. The molecule has 4 heterocycles. The van der Waals surface area contributed by atoms with E-state index in [2.05, 4.69) is 31.3 Å². The molecule has 2 amide bonds. The minimum absolute atomic E-state index is 0.00413. The van der Waals surface area contributed by atoms with Crippen molar-refractivity contribution in [2.75, 3.05) is 5.32 Å². The van der Waals surface area contributed by atoms with Gasteiger partial charge >= 0.3 is 12.4 Å². The van der Waals surface area contributed by atoms with Crippen LogP contribution in [0.5, 0.6) is 0 Å². The molecule has 0 spiro atoms. The maximum atomic E-state index is 13.5. The number of nitrogens with one attached hydrogen (secondary N) is 1. The number of carbonyl (C=O) groups excluding carboxylic acids is 2. The summed E-state index contributed by atoms with van der Waals surface area (Å²) in [6, 6.07) is 3.48. The predicted octanol–water partition coefficient (Wildman–Crippen LogP) is 5.60. The van der Waals surface area contributed by atoms with Crippen LogP contribution in [0.3, 0.4) is 0 Å². The number of pyridine rings is 1. The summed E-state index contributed by atoms with van der Waals surface area (Å²) < 4.78 is 85.5. The molecule has 0 atom stereocenters. The number of hydrogen-bond acceptors (Lipinski definition) is 6.